The molecule has 0 amide bonds. The van der Waals surface area contributed by atoms with Gasteiger partial charge >= 0.3 is 0 Å². The topological polar surface area (TPSA) is 87.1 Å². The largest absolute Gasteiger partial charge is 0.390 e. The van der Waals surface area contributed by atoms with Crippen molar-refractivity contribution >= 4 is 17.3 Å². The number of carbonyl (C=O) groups excluding carboxylic acids is 2. The third-order valence-corrected chi connectivity index (χ3v) is 12.4. The molecule has 5 aliphatic carbocycles. The SMILES string of the molecule is C[C@]12C=CC(=O)C=C1[C@@H](F)C[C@H]1C3C[C@H]4CN(c5ccc(C6CCCCC6)cc5)O[C@@]4(C(=O)CO)[C@@]3(C)C[C@H](O)[C@@]12F. The highest BCUT2D eigenvalue weighted by molar-refractivity contribution is 6.01. The zero-order valence-electron chi connectivity index (χ0n) is 24.4. The second-order valence-electron chi connectivity index (χ2n) is 14.2. The van der Waals surface area contributed by atoms with Gasteiger partial charge in [0.15, 0.2) is 22.8 Å². The van der Waals surface area contributed by atoms with E-state index in [4.69, 9.17) is 4.84 Å². The molecule has 0 spiro atoms. The quantitative estimate of drug-likeness (QED) is 0.500. The highest BCUT2D eigenvalue weighted by Gasteiger charge is 2.79. The first-order chi connectivity index (χ1) is 20.0. The number of benzene rings is 1. The van der Waals surface area contributed by atoms with Gasteiger partial charge in [-0.2, -0.15) is 0 Å². The normalized spacial score (nSPS) is 44.7. The number of rotatable bonds is 4. The van der Waals surface area contributed by atoms with Gasteiger partial charge in [-0.25, -0.2) is 8.78 Å². The summed E-state index contributed by atoms with van der Waals surface area (Å²) in [6.45, 7) is 3.06. The zero-order valence-corrected chi connectivity index (χ0v) is 24.4. The maximum Gasteiger partial charge on any atom is 0.193 e. The molecule has 2 N–H and O–H groups in total. The second kappa shape index (κ2) is 9.54. The van der Waals surface area contributed by atoms with Crippen molar-refractivity contribution in [3.8, 4) is 0 Å². The fourth-order valence-corrected chi connectivity index (χ4v) is 10.4. The molecule has 226 valence electrons. The van der Waals surface area contributed by atoms with Crippen LogP contribution in [0.1, 0.15) is 76.7 Å². The van der Waals surface area contributed by atoms with Crippen molar-refractivity contribution in [1.82, 2.24) is 0 Å². The van der Waals surface area contributed by atoms with Crippen LogP contribution >= 0.6 is 0 Å². The molecule has 1 saturated heterocycles. The van der Waals surface area contributed by atoms with E-state index in [1.807, 2.05) is 19.1 Å². The molecule has 8 heteroatoms. The van der Waals surface area contributed by atoms with E-state index in [9.17, 15) is 19.8 Å². The van der Waals surface area contributed by atoms with E-state index < -0.39 is 58.6 Å². The number of nitrogens with zero attached hydrogens (tertiary/aromatic N) is 1. The van der Waals surface area contributed by atoms with Gasteiger partial charge < -0.3 is 10.2 Å². The first-order valence-electron chi connectivity index (χ1n) is 15.7. The summed E-state index contributed by atoms with van der Waals surface area (Å²) < 4.78 is 33.4. The standard InChI is InChI=1S/C34H41F2NO5/c1-31-13-12-24(39)15-27(31)28(35)16-26-25-14-22-18-37(23-10-8-21(9-11-23)20-6-4-3-5-7-20)42-34(22,30(41)19-38)32(25,2)17-29(40)33(26,31)36/h8-13,15,20,22,25-26,28-29,38,40H,3-7,14,16-19H2,1-2H3/t22-,25?,26-,28-,29-,31-,32-,33-,34-/m0/s1. The Morgan fingerprint density at radius 2 is 1.81 bits per heavy atom. The molecule has 9 atom stereocenters. The highest BCUT2D eigenvalue weighted by Crippen LogP contribution is 2.72. The summed E-state index contributed by atoms with van der Waals surface area (Å²) in [6, 6.07) is 8.30. The third kappa shape index (κ3) is 3.52. The van der Waals surface area contributed by atoms with Crippen molar-refractivity contribution in [2.75, 3.05) is 18.2 Å². The van der Waals surface area contributed by atoms with Gasteiger partial charge in [0.2, 0.25) is 0 Å². The Balaban J connectivity index is 1.23. The van der Waals surface area contributed by atoms with E-state index >= 15 is 8.78 Å². The van der Waals surface area contributed by atoms with Gasteiger partial charge in [-0.1, -0.05) is 44.4 Å². The zero-order chi connectivity index (χ0) is 29.7. The van der Waals surface area contributed by atoms with Crippen LogP contribution in [-0.4, -0.2) is 58.5 Å². The molecule has 4 saturated carbocycles. The van der Waals surface area contributed by atoms with Gasteiger partial charge in [0.25, 0.3) is 0 Å². The first-order valence-corrected chi connectivity index (χ1v) is 15.7. The molecular formula is C34H41F2NO5. The average Bonchev–Trinajstić information content (AvgIpc) is 3.49. The summed E-state index contributed by atoms with van der Waals surface area (Å²) in [7, 11) is 0. The highest BCUT2D eigenvalue weighted by atomic mass is 19.1. The van der Waals surface area contributed by atoms with Crippen LogP contribution < -0.4 is 5.06 Å². The van der Waals surface area contributed by atoms with Crippen LogP contribution in [0.5, 0.6) is 0 Å². The van der Waals surface area contributed by atoms with E-state index in [1.54, 1.807) is 12.0 Å². The lowest BCUT2D eigenvalue weighted by atomic mass is 9.44. The van der Waals surface area contributed by atoms with Gasteiger partial charge in [0, 0.05) is 22.7 Å². The number of hydroxylamine groups is 1. The number of Topliss-reactive ketones (excluding diaryl/α,β-unsaturated/α-hetero) is 1. The number of fused-ring (bicyclic) bond motifs is 7. The van der Waals surface area contributed by atoms with Gasteiger partial charge in [0.05, 0.1) is 18.3 Å². The second-order valence-corrected chi connectivity index (χ2v) is 14.2. The minimum absolute atomic E-state index is 0.0786. The van der Waals surface area contributed by atoms with E-state index in [0.29, 0.717) is 18.9 Å². The number of allylic oxidation sites excluding steroid dienone is 4. The van der Waals surface area contributed by atoms with Crippen LogP contribution in [-0.2, 0) is 14.4 Å². The van der Waals surface area contributed by atoms with Crippen LogP contribution in [0.3, 0.4) is 0 Å². The molecule has 1 heterocycles. The van der Waals surface area contributed by atoms with Gasteiger partial charge in [-0.05, 0) is 86.3 Å². The number of hydrogen-bond donors (Lipinski definition) is 2. The lowest BCUT2D eigenvalue weighted by Crippen LogP contribution is -2.70. The maximum absolute atomic E-state index is 17.6. The molecule has 1 aromatic carbocycles. The van der Waals surface area contributed by atoms with Gasteiger partial charge in [-0.3, -0.25) is 19.5 Å². The Hall–Kier alpha value is -2.42. The van der Waals surface area contributed by atoms with Gasteiger partial charge in [-0.15, -0.1) is 0 Å². The van der Waals surface area contributed by atoms with Crippen LogP contribution in [0.25, 0.3) is 0 Å². The predicted molar refractivity (Wildman–Crippen MR) is 153 cm³/mol. The molecule has 0 aromatic heterocycles. The summed E-state index contributed by atoms with van der Waals surface area (Å²) >= 11 is 0. The molecular weight excluding hydrogens is 540 g/mol. The van der Waals surface area contributed by atoms with Crippen LogP contribution in [0.15, 0.2) is 48.1 Å². The number of anilines is 1. The monoisotopic (exact) mass is 581 g/mol. The van der Waals surface area contributed by atoms with E-state index in [0.717, 1.165) is 5.69 Å². The molecule has 1 aromatic rings. The molecule has 1 unspecified atom stereocenters. The van der Waals surface area contributed by atoms with E-state index in [1.165, 1.54) is 55.9 Å². The van der Waals surface area contributed by atoms with Gasteiger partial charge in [0.1, 0.15) is 12.8 Å². The number of carbonyl (C=O) groups is 2. The number of alkyl halides is 2. The number of halogens is 2. The smallest absolute Gasteiger partial charge is 0.193 e. The fourth-order valence-electron chi connectivity index (χ4n) is 10.4. The molecule has 5 fully saturated rings. The lowest BCUT2D eigenvalue weighted by molar-refractivity contribution is -0.228. The Kier molecular flexibility index (Phi) is 6.44. The minimum atomic E-state index is -2.22. The summed E-state index contributed by atoms with van der Waals surface area (Å²) in [5.41, 5.74) is -4.03. The van der Waals surface area contributed by atoms with Crippen molar-refractivity contribution in [3.63, 3.8) is 0 Å². The van der Waals surface area contributed by atoms with E-state index in [2.05, 4.69) is 12.1 Å². The Morgan fingerprint density at radius 3 is 2.50 bits per heavy atom. The minimum Gasteiger partial charge on any atom is -0.390 e. The Morgan fingerprint density at radius 1 is 1.10 bits per heavy atom. The molecule has 6 nitrogen and oxygen atoms in total. The van der Waals surface area contributed by atoms with Crippen LogP contribution in [0, 0.1) is 28.6 Å². The van der Waals surface area contributed by atoms with Crippen molar-refractivity contribution < 1.29 is 33.4 Å². The van der Waals surface area contributed by atoms with Crippen molar-refractivity contribution in [3.05, 3.63) is 53.6 Å². The van der Waals surface area contributed by atoms with Crippen LogP contribution in [0.4, 0.5) is 14.5 Å². The lowest BCUT2D eigenvalue weighted by Gasteiger charge is -2.63. The summed E-state index contributed by atoms with van der Waals surface area (Å²) in [5, 5.41) is 23.6. The molecule has 0 radical (unpaired) electrons. The first kappa shape index (κ1) is 28.4. The number of aliphatic hydroxyl groups excluding tert-OH is 2. The van der Waals surface area contributed by atoms with Crippen molar-refractivity contribution in [1.29, 1.82) is 0 Å². The average molecular weight is 582 g/mol. The van der Waals surface area contributed by atoms with Crippen LogP contribution in [0.2, 0.25) is 0 Å². The van der Waals surface area contributed by atoms with E-state index in [-0.39, 0.29) is 30.1 Å². The number of ketones is 2. The predicted octanol–water partition coefficient (Wildman–Crippen LogP) is 5.33. The summed E-state index contributed by atoms with van der Waals surface area (Å²) in [6.07, 6.45) is 7.11. The molecule has 1 aliphatic heterocycles. The summed E-state index contributed by atoms with van der Waals surface area (Å²) in [4.78, 5) is 32.5. The fraction of sp³-hybridized carbons (Fsp3) is 0.647. The Bertz CT molecular complexity index is 1360. The molecule has 0 bridgehead atoms. The summed E-state index contributed by atoms with van der Waals surface area (Å²) in [5.74, 6) is -2.05. The molecule has 6 aliphatic rings. The molecule has 7 rings (SSSR count). The van der Waals surface area contributed by atoms with Crippen molar-refractivity contribution in [2.24, 2.45) is 28.6 Å². The number of aliphatic hydroxyl groups is 2. The number of hydrogen-bond acceptors (Lipinski definition) is 6. The van der Waals surface area contributed by atoms with Crippen molar-refractivity contribution in [2.45, 2.75) is 94.7 Å². The molecule has 42 heavy (non-hydrogen) atoms. The third-order valence-electron chi connectivity index (χ3n) is 12.4. The Labute approximate surface area is 245 Å². The maximum atomic E-state index is 17.6.